The number of rotatable bonds is 0. The normalized spacial score (nSPS) is 15.8. The Kier molecular flexibility index (Phi) is 2.01. The van der Waals surface area contributed by atoms with E-state index >= 15 is 0 Å². The van der Waals surface area contributed by atoms with Crippen LogP contribution >= 0.6 is 22.9 Å². The van der Waals surface area contributed by atoms with Gasteiger partial charge in [-0.1, -0.05) is 17.7 Å². The lowest BCUT2D eigenvalue weighted by Crippen LogP contribution is -2.21. The quantitative estimate of drug-likeness (QED) is 0.723. The molecule has 0 amide bonds. The first kappa shape index (κ1) is 8.72. The van der Waals surface area contributed by atoms with E-state index in [1.54, 1.807) is 0 Å². The van der Waals surface area contributed by atoms with Crippen molar-refractivity contribution in [1.82, 2.24) is 5.32 Å². The number of hydrogen-bond donors (Lipinski definition) is 1. The maximum absolute atomic E-state index is 5.97. The molecule has 1 aliphatic heterocycles. The zero-order valence-corrected chi connectivity index (χ0v) is 9.21. The van der Waals surface area contributed by atoms with Crippen LogP contribution in [0.15, 0.2) is 18.2 Å². The third-order valence-corrected chi connectivity index (χ3v) is 4.11. The second-order valence-electron chi connectivity index (χ2n) is 3.57. The first-order valence-electron chi connectivity index (χ1n) is 4.75. The number of thiophene rings is 1. The molecule has 0 atom stereocenters. The number of nitrogens with one attached hydrogen (secondary N) is 1. The lowest BCUT2D eigenvalue weighted by atomic mass is 10.1. The van der Waals surface area contributed by atoms with Crippen molar-refractivity contribution in [2.24, 2.45) is 0 Å². The molecule has 0 bridgehead atoms. The largest absolute Gasteiger partial charge is 0.312 e. The number of halogens is 1. The zero-order valence-electron chi connectivity index (χ0n) is 7.64. The van der Waals surface area contributed by atoms with Crippen LogP contribution in [0.5, 0.6) is 0 Å². The van der Waals surface area contributed by atoms with E-state index in [9.17, 15) is 0 Å². The fraction of sp³-hybridized carbons (Fsp3) is 0.273. The van der Waals surface area contributed by atoms with Crippen LogP contribution in [0.3, 0.4) is 0 Å². The predicted molar refractivity (Wildman–Crippen MR) is 62.2 cm³/mol. The van der Waals surface area contributed by atoms with Gasteiger partial charge < -0.3 is 5.32 Å². The summed E-state index contributed by atoms with van der Waals surface area (Å²) in [7, 11) is 0. The van der Waals surface area contributed by atoms with Crippen LogP contribution in [0.4, 0.5) is 0 Å². The first-order chi connectivity index (χ1) is 6.84. The van der Waals surface area contributed by atoms with Gasteiger partial charge in [0.25, 0.3) is 0 Å². The highest BCUT2D eigenvalue weighted by atomic mass is 35.5. The summed E-state index contributed by atoms with van der Waals surface area (Å²) in [6.07, 6.45) is 1.15. The molecule has 0 unspecified atom stereocenters. The Morgan fingerprint density at radius 3 is 3.21 bits per heavy atom. The van der Waals surface area contributed by atoms with Crippen molar-refractivity contribution >= 4 is 33.0 Å². The number of hydrogen-bond acceptors (Lipinski definition) is 2. The molecule has 1 aliphatic rings. The minimum atomic E-state index is 0.837. The molecule has 2 heterocycles. The van der Waals surface area contributed by atoms with E-state index in [-0.39, 0.29) is 0 Å². The summed E-state index contributed by atoms with van der Waals surface area (Å²) in [6.45, 7) is 2.12. The van der Waals surface area contributed by atoms with Crippen LogP contribution in [-0.4, -0.2) is 6.54 Å². The minimum Gasteiger partial charge on any atom is -0.312 e. The fourth-order valence-electron chi connectivity index (χ4n) is 2.01. The van der Waals surface area contributed by atoms with Gasteiger partial charge in [0.2, 0.25) is 0 Å². The summed E-state index contributed by atoms with van der Waals surface area (Å²) in [5.41, 5.74) is 1.53. The van der Waals surface area contributed by atoms with E-state index < -0.39 is 0 Å². The summed E-state index contributed by atoms with van der Waals surface area (Å²) in [4.78, 5) is 1.48. The van der Waals surface area contributed by atoms with Gasteiger partial charge in [-0.15, -0.1) is 11.3 Å². The molecule has 0 fully saturated rings. The van der Waals surface area contributed by atoms with Gasteiger partial charge in [0.15, 0.2) is 0 Å². The molecule has 0 aliphatic carbocycles. The molecule has 0 spiro atoms. The van der Waals surface area contributed by atoms with Gasteiger partial charge in [0, 0.05) is 21.1 Å². The molecule has 14 heavy (non-hydrogen) atoms. The number of benzene rings is 1. The molecular weight excluding hydrogens is 214 g/mol. The van der Waals surface area contributed by atoms with Crippen molar-refractivity contribution in [2.75, 3.05) is 6.54 Å². The molecule has 1 N–H and O–H groups in total. The first-order valence-corrected chi connectivity index (χ1v) is 5.94. The topological polar surface area (TPSA) is 12.0 Å². The molecule has 0 saturated heterocycles. The van der Waals surface area contributed by atoms with Crippen molar-refractivity contribution in [3.8, 4) is 0 Å². The molecule has 3 rings (SSSR count). The Hall–Kier alpha value is -0.570. The van der Waals surface area contributed by atoms with Crippen LogP contribution in [-0.2, 0) is 13.0 Å². The molecular formula is C11H10ClNS. The van der Waals surface area contributed by atoms with Gasteiger partial charge >= 0.3 is 0 Å². The highest BCUT2D eigenvalue weighted by molar-refractivity contribution is 7.19. The highest BCUT2D eigenvalue weighted by Gasteiger charge is 2.14. The van der Waals surface area contributed by atoms with E-state index in [4.69, 9.17) is 11.6 Å². The molecule has 72 valence electrons. The Morgan fingerprint density at radius 1 is 1.36 bits per heavy atom. The Morgan fingerprint density at radius 2 is 2.29 bits per heavy atom. The van der Waals surface area contributed by atoms with E-state index in [0.29, 0.717) is 0 Å². The molecule has 0 radical (unpaired) electrons. The van der Waals surface area contributed by atoms with E-state index in [2.05, 4.69) is 17.4 Å². The SMILES string of the molecule is Clc1ccc2c3c(sc2c1)CNCC3. The van der Waals surface area contributed by atoms with Crippen molar-refractivity contribution in [3.63, 3.8) is 0 Å². The lowest BCUT2D eigenvalue weighted by molar-refractivity contribution is 0.657. The smallest absolute Gasteiger partial charge is 0.0420 e. The van der Waals surface area contributed by atoms with Gasteiger partial charge in [0.1, 0.15) is 0 Å². The zero-order chi connectivity index (χ0) is 9.54. The molecule has 1 aromatic carbocycles. The third kappa shape index (κ3) is 1.26. The van der Waals surface area contributed by atoms with Crippen molar-refractivity contribution in [1.29, 1.82) is 0 Å². The summed E-state index contributed by atoms with van der Waals surface area (Å²) in [5.74, 6) is 0. The van der Waals surface area contributed by atoms with Crippen LogP contribution in [0.25, 0.3) is 10.1 Å². The summed E-state index contributed by atoms with van der Waals surface area (Å²) >= 11 is 7.84. The Balaban J connectivity index is 2.31. The van der Waals surface area contributed by atoms with Gasteiger partial charge in [-0.05, 0) is 36.0 Å². The van der Waals surface area contributed by atoms with Gasteiger partial charge in [0.05, 0.1) is 0 Å². The summed E-state index contributed by atoms with van der Waals surface area (Å²) < 4.78 is 1.33. The second-order valence-corrected chi connectivity index (χ2v) is 5.14. The van der Waals surface area contributed by atoms with Gasteiger partial charge in [-0.25, -0.2) is 0 Å². The standard InChI is InChI=1S/C11H10ClNS/c12-7-1-2-8-9-3-4-13-6-11(9)14-10(8)5-7/h1-2,5,13H,3-4,6H2. The van der Waals surface area contributed by atoms with Gasteiger partial charge in [-0.3, -0.25) is 0 Å². The molecule has 1 aromatic heterocycles. The van der Waals surface area contributed by atoms with Crippen molar-refractivity contribution in [3.05, 3.63) is 33.7 Å². The third-order valence-electron chi connectivity index (χ3n) is 2.68. The second kappa shape index (κ2) is 3.23. The lowest BCUT2D eigenvalue weighted by Gasteiger charge is -2.12. The summed E-state index contributed by atoms with van der Waals surface area (Å²) in [5, 5.41) is 5.63. The predicted octanol–water partition coefficient (Wildman–Crippen LogP) is 3.20. The maximum Gasteiger partial charge on any atom is 0.0420 e. The fourth-order valence-corrected chi connectivity index (χ4v) is 3.51. The van der Waals surface area contributed by atoms with E-state index in [1.807, 2.05) is 17.4 Å². The van der Waals surface area contributed by atoms with Gasteiger partial charge in [-0.2, -0.15) is 0 Å². The molecule has 1 nitrogen and oxygen atoms in total. The van der Waals surface area contributed by atoms with E-state index in [0.717, 1.165) is 24.5 Å². The van der Waals surface area contributed by atoms with E-state index in [1.165, 1.54) is 20.5 Å². The van der Waals surface area contributed by atoms with Crippen molar-refractivity contribution < 1.29 is 0 Å². The Bertz CT molecular complexity index is 489. The van der Waals surface area contributed by atoms with Crippen LogP contribution < -0.4 is 5.32 Å². The van der Waals surface area contributed by atoms with Crippen LogP contribution in [0.2, 0.25) is 5.02 Å². The molecule has 0 saturated carbocycles. The van der Waals surface area contributed by atoms with Crippen LogP contribution in [0, 0.1) is 0 Å². The molecule has 3 heteroatoms. The minimum absolute atomic E-state index is 0.837. The average Bonchev–Trinajstić information content (AvgIpc) is 2.54. The van der Waals surface area contributed by atoms with Crippen molar-refractivity contribution in [2.45, 2.75) is 13.0 Å². The highest BCUT2D eigenvalue weighted by Crippen LogP contribution is 2.34. The number of fused-ring (bicyclic) bond motifs is 3. The monoisotopic (exact) mass is 223 g/mol. The maximum atomic E-state index is 5.97. The summed E-state index contributed by atoms with van der Waals surface area (Å²) in [6, 6.07) is 6.21. The average molecular weight is 224 g/mol. The Labute approximate surface area is 91.7 Å². The molecule has 2 aromatic rings. The van der Waals surface area contributed by atoms with Crippen LogP contribution in [0.1, 0.15) is 10.4 Å².